The minimum atomic E-state index is -0.125. The van der Waals surface area contributed by atoms with Gasteiger partial charge in [-0.2, -0.15) is 0 Å². The Balaban J connectivity index is 1.58. The lowest BCUT2D eigenvalue weighted by molar-refractivity contribution is 0.641. The Morgan fingerprint density at radius 1 is 0.500 bits per heavy atom. The number of aryl methyl sites for hydroxylation is 1. The molecule has 0 fully saturated rings. The molecule has 5 aromatic rings. The van der Waals surface area contributed by atoms with Crippen LogP contribution in [0.1, 0.15) is 55.5 Å². The third-order valence-corrected chi connectivity index (χ3v) is 8.87. The molecule has 0 aliphatic carbocycles. The van der Waals surface area contributed by atoms with E-state index in [0.29, 0.717) is 10.0 Å². The standard InChI is InChI=1S/C37H35Cl2N/c1-26-24-33(38)35(39)34(25-26)40(31-20-16-29(17-21-31)36(2,3)27-12-8-6-9-13-27)32-22-18-30(19-23-32)37(4,5)28-14-10-7-11-15-28/h6-25H,1-5H3. The Bertz CT molecular complexity index is 1490. The van der Waals surface area contributed by atoms with Crippen molar-refractivity contribution in [2.75, 3.05) is 4.90 Å². The second-order valence-corrected chi connectivity index (χ2v) is 12.3. The summed E-state index contributed by atoms with van der Waals surface area (Å²) in [6, 6.07) is 42.8. The topological polar surface area (TPSA) is 3.24 Å². The van der Waals surface area contributed by atoms with Crippen LogP contribution in [0.25, 0.3) is 0 Å². The van der Waals surface area contributed by atoms with Crippen LogP contribution in [-0.2, 0) is 10.8 Å². The zero-order valence-corrected chi connectivity index (χ0v) is 25.3. The van der Waals surface area contributed by atoms with Gasteiger partial charge in [0.1, 0.15) is 0 Å². The van der Waals surface area contributed by atoms with Gasteiger partial charge in [0.15, 0.2) is 0 Å². The lowest BCUT2D eigenvalue weighted by atomic mass is 9.78. The molecule has 0 aliphatic rings. The fourth-order valence-electron chi connectivity index (χ4n) is 5.39. The molecule has 0 amide bonds. The van der Waals surface area contributed by atoms with Gasteiger partial charge in [-0.3, -0.25) is 0 Å². The van der Waals surface area contributed by atoms with Crippen molar-refractivity contribution >= 4 is 40.3 Å². The summed E-state index contributed by atoms with van der Waals surface area (Å²) in [6.45, 7) is 11.1. The van der Waals surface area contributed by atoms with Crippen LogP contribution in [0.5, 0.6) is 0 Å². The van der Waals surface area contributed by atoms with Crippen LogP contribution >= 0.6 is 23.2 Å². The van der Waals surface area contributed by atoms with E-state index in [1.54, 1.807) is 0 Å². The molecule has 0 aliphatic heterocycles. The highest BCUT2D eigenvalue weighted by molar-refractivity contribution is 6.44. The van der Waals surface area contributed by atoms with Gasteiger partial charge < -0.3 is 4.90 Å². The molecule has 1 nitrogen and oxygen atoms in total. The first-order chi connectivity index (χ1) is 19.1. The molecular weight excluding hydrogens is 529 g/mol. The lowest BCUT2D eigenvalue weighted by Crippen LogP contribution is -2.19. The van der Waals surface area contributed by atoms with E-state index >= 15 is 0 Å². The fraction of sp³-hybridized carbons (Fsp3) is 0.189. The van der Waals surface area contributed by atoms with E-state index in [0.717, 1.165) is 22.6 Å². The molecule has 0 N–H and O–H groups in total. The summed E-state index contributed by atoms with van der Waals surface area (Å²) < 4.78 is 0. The maximum Gasteiger partial charge on any atom is 0.0832 e. The maximum absolute atomic E-state index is 6.85. The molecule has 0 bridgehead atoms. The van der Waals surface area contributed by atoms with Gasteiger partial charge in [0.2, 0.25) is 0 Å². The fourth-order valence-corrected chi connectivity index (χ4v) is 5.86. The monoisotopic (exact) mass is 563 g/mol. The first-order valence-electron chi connectivity index (χ1n) is 13.7. The van der Waals surface area contributed by atoms with Crippen LogP contribution in [-0.4, -0.2) is 0 Å². The number of benzene rings is 5. The number of hydrogen-bond donors (Lipinski definition) is 0. The summed E-state index contributed by atoms with van der Waals surface area (Å²) in [5.74, 6) is 0. The Morgan fingerprint density at radius 2 is 0.875 bits per heavy atom. The van der Waals surface area contributed by atoms with Gasteiger partial charge in [-0.15, -0.1) is 0 Å². The van der Waals surface area contributed by atoms with Gasteiger partial charge >= 0.3 is 0 Å². The number of anilines is 3. The quantitative estimate of drug-likeness (QED) is 0.190. The van der Waals surface area contributed by atoms with Crippen molar-refractivity contribution in [3.05, 3.63) is 159 Å². The molecule has 0 radical (unpaired) electrons. The third kappa shape index (κ3) is 5.42. The van der Waals surface area contributed by atoms with Crippen LogP contribution < -0.4 is 4.90 Å². The summed E-state index contributed by atoms with van der Waals surface area (Å²) in [4.78, 5) is 2.19. The molecule has 0 heterocycles. The van der Waals surface area contributed by atoms with Gasteiger partial charge in [0.05, 0.1) is 15.7 Å². The predicted octanol–water partition coefficient (Wildman–Crippen LogP) is 11.4. The third-order valence-electron chi connectivity index (χ3n) is 8.08. The van der Waals surface area contributed by atoms with Crippen molar-refractivity contribution in [2.24, 2.45) is 0 Å². The molecule has 0 saturated heterocycles. The average molecular weight is 565 g/mol. The Kier molecular flexibility index (Phi) is 7.82. The smallest absolute Gasteiger partial charge is 0.0832 e. The van der Waals surface area contributed by atoms with Crippen molar-refractivity contribution in [3.63, 3.8) is 0 Å². The van der Waals surface area contributed by atoms with Gasteiger partial charge in [-0.05, 0) is 71.1 Å². The number of hydrogen-bond acceptors (Lipinski definition) is 1. The van der Waals surface area contributed by atoms with Crippen molar-refractivity contribution in [1.29, 1.82) is 0 Å². The molecule has 0 spiro atoms. The SMILES string of the molecule is Cc1cc(Cl)c(Cl)c(N(c2ccc(C(C)(C)c3ccccc3)cc2)c2ccc(C(C)(C)c3ccccc3)cc2)c1. The van der Waals surface area contributed by atoms with Gasteiger partial charge in [0.25, 0.3) is 0 Å². The summed E-state index contributed by atoms with van der Waals surface area (Å²) in [5.41, 5.74) is 8.76. The predicted molar refractivity (Wildman–Crippen MR) is 173 cm³/mol. The van der Waals surface area contributed by atoms with Crippen molar-refractivity contribution < 1.29 is 0 Å². The van der Waals surface area contributed by atoms with Gasteiger partial charge in [0, 0.05) is 22.2 Å². The van der Waals surface area contributed by atoms with Crippen LogP contribution in [0, 0.1) is 6.92 Å². The summed E-state index contributed by atoms with van der Waals surface area (Å²) >= 11 is 13.4. The Labute approximate surface area is 249 Å². The summed E-state index contributed by atoms with van der Waals surface area (Å²) in [7, 11) is 0. The van der Waals surface area contributed by atoms with Crippen molar-refractivity contribution in [2.45, 2.75) is 45.4 Å². The van der Waals surface area contributed by atoms with Crippen LogP contribution in [0.15, 0.2) is 121 Å². The Hall–Kier alpha value is -3.52. The first kappa shape index (κ1) is 28.0. The molecule has 5 rings (SSSR count). The summed E-state index contributed by atoms with van der Waals surface area (Å²) in [5, 5.41) is 1.08. The Morgan fingerprint density at radius 3 is 1.27 bits per heavy atom. The number of rotatable bonds is 7. The van der Waals surface area contributed by atoms with Gasteiger partial charge in [-0.25, -0.2) is 0 Å². The molecule has 3 heteroatoms. The summed E-state index contributed by atoms with van der Waals surface area (Å²) in [6.07, 6.45) is 0. The van der Waals surface area contributed by atoms with E-state index in [2.05, 4.69) is 148 Å². The molecule has 40 heavy (non-hydrogen) atoms. The van der Waals surface area contributed by atoms with E-state index in [1.807, 2.05) is 13.0 Å². The normalized spacial score (nSPS) is 11.9. The minimum absolute atomic E-state index is 0.125. The maximum atomic E-state index is 6.85. The van der Waals surface area contributed by atoms with E-state index in [-0.39, 0.29) is 10.8 Å². The lowest BCUT2D eigenvalue weighted by Gasteiger charge is -2.31. The van der Waals surface area contributed by atoms with E-state index in [4.69, 9.17) is 23.2 Å². The largest absolute Gasteiger partial charge is 0.309 e. The highest BCUT2D eigenvalue weighted by Crippen LogP contribution is 2.44. The van der Waals surface area contributed by atoms with Crippen molar-refractivity contribution in [3.8, 4) is 0 Å². The molecule has 0 atom stereocenters. The average Bonchev–Trinajstić information content (AvgIpc) is 2.97. The van der Waals surface area contributed by atoms with Crippen LogP contribution in [0.4, 0.5) is 17.1 Å². The molecule has 0 unspecified atom stereocenters. The highest BCUT2D eigenvalue weighted by atomic mass is 35.5. The minimum Gasteiger partial charge on any atom is -0.309 e. The molecule has 202 valence electrons. The second kappa shape index (κ2) is 11.2. The van der Waals surface area contributed by atoms with E-state index < -0.39 is 0 Å². The highest BCUT2D eigenvalue weighted by Gasteiger charge is 2.26. The first-order valence-corrected chi connectivity index (χ1v) is 14.4. The molecular formula is C37H35Cl2N. The van der Waals surface area contributed by atoms with Crippen LogP contribution in [0.3, 0.4) is 0 Å². The second-order valence-electron chi connectivity index (χ2n) is 11.5. The van der Waals surface area contributed by atoms with Crippen molar-refractivity contribution in [1.82, 2.24) is 0 Å². The van der Waals surface area contributed by atoms with Gasteiger partial charge in [-0.1, -0.05) is 136 Å². The zero-order chi connectivity index (χ0) is 28.5. The molecule has 0 aromatic heterocycles. The molecule has 0 saturated carbocycles. The van der Waals surface area contributed by atoms with Crippen LogP contribution in [0.2, 0.25) is 10.0 Å². The molecule has 5 aromatic carbocycles. The van der Waals surface area contributed by atoms with E-state index in [9.17, 15) is 0 Å². The van der Waals surface area contributed by atoms with E-state index in [1.165, 1.54) is 22.3 Å². The zero-order valence-electron chi connectivity index (χ0n) is 23.8. The number of halogens is 2. The number of nitrogens with zero attached hydrogens (tertiary/aromatic N) is 1.